The molecule has 10 aromatic rings. The van der Waals surface area contributed by atoms with Gasteiger partial charge in [-0.1, -0.05) is 155 Å². The highest BCUT2D eigenvalue weighted by Crippen LogP contribution is 2.43. The second-order valence-electron chi connectivity index (χ2n) is 18.1. The molecule has 0 aliphatic rings. The number of fused-ring (bicyclic) bond motifs is 1. The molecule has 2 heterocycles. The molecule has 328 valence electrons. The standard InChI is InChI=1S/C63H55N3O/c1-39(2)53-20-14-21-54(40(3)4)60(53)49-28-29-58(42(6)34-49)66-59-23-15-22-55(61(59)65-63(66)56-33-41(5)32-43(7)62(56)67)51-35-50(45-18-12-9-13-19-45)36-52(37-51)57-38-48(30-31-64-57)47-26-24-46(25-27-47)44-16-10-8-11-17-44/h8-40,67H,1-7H3/i6D3,39D. The van der Waals surface area contributed by atoms with Gasteiger partial charge in [0.15, 0.2) is 0 Å². The molecule has 0 unspecified atom stereocenters. The van der Waals surface area contributed by atoms with Crippen LogP contribution in [0.5, 0.6) is 5.75 Å². The number of aromatic hydroxyl groups is 1. The minimum Gasteiger partial charge on any atom is -0.507 e. The van der Waals surface area contributed by atoms with Gasteiger partial charge in [0, 0.05) is 22.8 Å². The maximum Gasteiger partial charge on any atom is 0.149 e. The number of rotatable bonds is 10. The molecule has 0 aliphatic carbocycles. The van der Waals surface area contributed by atoms with Gasteiger partial charge in [0.2, 0.25) is 0 Å². The summed E-state index contributed by atoms with van der Waals surface area (Å²) in [4.78, 5) is 10.4. The average molecular weight is 874 g/mol. The van der Waals surface area contributed by atoms with Gasteiger partial charge in [-0.25, -0.2) is 4.98 Å². The zero-order valence-corrected chi connectivity index (χ0v) is 38.8. The van der Waals surface area contributed by atoms with E-state index in [2.05, 4.69) is 111 Å². The predicted octanol–water partition coefficient (Wildman–Crippen LogP) is 17.0. The molecule has 0 atom stereocenters. The molecule has 0 aliphatic heterocycles. The van der Waals surface area contributed by atoms with E-state index in [0.717, 1.165) is 78.0 Å². The van der Waals surface area contributed by atoms with Crippen molar-refractivity contribution in [3.05, 3.63) is 216 Å². The van der Waals surface area contributed by atoms with Crippen LogP contribution in [0.25, 0.3) is 95.0 Å². The minimum absolute atomic E-state index is 0.0722. The zero-order valence-electron chi connectivity index (χ0n) is 42.8. The number of hydrogen-bond donors (Lipinski definition) is 1. The maximum atomic E-state index is 11.9. The topological polar surface area (TPSA) is 50.9 Å². The van der Waals surface area contributed by atoms with Crippen molar-refractivity contribution >= 4 is 11.0 Å². The van der Waals surface area contributed by atoms with Crippen LogP contribution >= 0.6 is 0 Å². The Hall–Kier alpha value is -7.82. The van der Waals surface area contributed by atoms with Crippen LogP contribution in [0.2, 0.25) is 0 Å². The highest BCUT2D eigenvalue weighted by Gasteiger charge is 2.24. The van der Waals surface area contributed by atoms with Gasteiger partial charge >= 0.3 is 0 Å². The highest BCUT2D eigenvalue weighted by atomic mass is 16.3. The summed E-state index contributed by atoms with van der Waals surface area (Å²) < 4.78 is 38.3. The van der Waals surface area contributed by atoms with Crippen molar-refractivity contribution in [1.82, 2.24) is 14.5 Å². The highest BCUT2D eigenvalue weighted by molar-refractivity contribution is 5.98. The van der Waals surface area contributed by atoms with E-state index in [1.54, 1.807) is 6.07 Å². The van der Waals surface area contributed by atoms with E-state index in [1.807, 2.05) is 117 Å². The number of nitrogens with zero attached hydrogens (tertiary/aromatic N) is 3. The van der Waals surface area contributed by atoms with Crippen LogP contribution in [0.3, 0.4) is 0 Å². The first kappa shape index (κ1) is 38.4. The average Bonchev–Trinajstić information content (AvgIpc) is 3.76. The number of benzene rings is 8. The van der Waals surface area contributed by atoms with Crippen LogP contribution in [0, 0.1) is 20.7 Å². The monoisotopic (exact) mass is 873 g/mol. The Morgan fingerprint density at radius 2 is 1.15 bits per heavy atom. The van der Waals surface area contributed by atoms with Gasteiger partial charge < -0.3 is 5.11 Å². The van der Waals surface area contributed by atoms with Crippen LogP contribution in [0.1, 0.15) is 72.8 Å². The molecule has 2 aromatic heterocycles. The fraction of sp³-hybridized carbons (Fsp3) is 0.143. The SMILES string of the molecule is [2H]C([2H])([2H])c1cc(-c2c(C(C)C)cccc2C([2H])(C)C)ccc1-n1c(-c2cc(C)cc(C)c2O)nc2c(-c3cc(-c4ccccc4)cc(-c4cc(-c5ccc(-c6ccccc6)cc5)ccn4)c3)cccc21. The van der Waals surface area contributed by atoms with Gasteiger partial charge in [0.05, 0.1) is 28.0 Å². The summed E-state index contributed by atoms with van der Waals surface area (Å²) in [5.41, 5.74) is 17.4. The van der Waals surface area contributed by atoms with E-state index in [9.17, 15) is 5.11 Å². The first-order valence-electron chi connectivity index (χ1n) is 25.0. The lowest BCUT2D eigenvalue weighted by atomic mass is 9.84. The van der Waals surface area contributed by atoms with Gasteiger partial charge in [-0.15, -0.1) is 0 Å². The summed E-state index contributed by atoms with van der Waals surface area (Å²) in [6, 6.07) is 61.4. The number of aromatic nitrogens is 3. The molecule has 0 saturated heterocycles. The number of pyridine rings is 1. The predicted molar refractivity (Wildman–Crippen MR) is 281 cm³/mol. The molecule has 0 radical (unpaired) electrons. The Morgan fingerprint density at radius 3 is 1.85 bits per heavy atom. The van der Waals surface area contributed by atoms with Gasteiger partial charge in [0.1, 0.15) is 11.6 Å². The normalized spacial score (nSPS) is 12.8. The molecule has 4 heteroatoms. The third kappa shape index (κ3) is 8.25. The van der Waals surface area contributed by atoms with Crippen LogP contribution in [0.15, 0.2) is 188 Å². The van der Waals surface area contributed by atoms with Crippen molar-refractivity contribution in [3.8, 4) is 89.7 Å². The van der Waals surface area contributed by atoms with Crippen molar-refractivity contribution in [2.24, 2.45) is 0 Å². The van der Waals surface area contributed by atoms with E-state index in [0.29, 0.717) is 33.7 Å². The molecule has 4 nitrogen and oxygen atoms in total. The minimum atomic E-state index is -2.56. The Morgan fingerprint density at radius 1 is 0.522 bits per heavy atom. The molecule has 10 rings (SSSR count). The maximum absolute atomic E-state index is 11.9. The summed E-state index contributed by atoms with van der Waals surface area (Å²) in [6.45, 7) is 9.26. The van der Waals surface area contributed by atoms with Crippen LogP contribution in [0.4, 0.5) is 0 Å². The van der Waals surface area contributed by atoms with E-state index < -0.39 is 12.7 Å². The first-order chi connectivity index (χ1) is 34.0. The van der Waals surface area contributed by atoms with E-state index in [-0.39, 0.29) is 17.2 Å². The largest absolute Gasteiger partial charge is 0.507 e. The zero-order chi connectivity index (χ0) is 49.8. The van der Waals surface area contributed by atoms with Gasteiger partial charge in [-0.05, 0) is 165 Å². The quantitative estimate of drug-likeness (QED) is 0.149. The third-order valence-corrected chi connectivity index (χ3v) is 12.9. The van der Waals surface area contributed by atoms with E-state index >= 15 is 0 Å². The summed E-state index contributed by atoms with van der Waals surface area (Å²) in [7, 11) is 0. The summed E-state index contributed by atoms with van der Waals surface area (Å²) in [5, 5.41) is 11.9. The lowest BCUT2D eigenvalue weighted by Crippen LogP contribution is -2.03. The molecule has 1 N–H and O–H groups in total. The molecular formula is C63H55N3O. The van der Waals surface area contributed by atoms with Crippen molar-refractivity contribution in [2.45, 2.75) is 60.2 Å². The molecular weight excluding hydrogens is 815 g/mol. The number of hydrogen-bond acceptors (Lipinski definition) is 3. The third-order valence-electron chi connectivity index (χ3n) is 12.9. The summed E-state index contributed by atoms with van der Waals surface area (Å²) >= 11 is 0. The van der Waals surface area contributed by atoms with Crippen LogP contribution < -0.4 is 0 Å². The molecule has 67 heavy (non-hydrogen) atoms. The lowest BCUT2D eigenvalue weighted by molar-refractivity contribution is 0.472. The number of imidazole rings is 1. The van der Waals surface area contributed by atoms with Crippen molar-refractivity contribution < 1.29 is 10.6 Å². The first-order valence-corrected chi connectivity index (χ1v) is 23.0. The van der Waals surface area contributed by atoms with Gasteiger partial charge in [-0.2, -0.15) is 0 Å². The Labute approximate surface area is 400 Å². The van der Waals surface area contributed by atoms with Crippen molar-refractivity contribution in [3.63, 3.8) is 0 Å². The lowest BCUT2D eigenvalue weighted by Gasteiger charge is -2.21. The second kappa shape index (κ2) is 17.9. The summed E-state index contributed by atoms with van der Waals surface area (Å²) in [6.07, 6.45) is 1.86. The number of phenolic OH excluding ortho intramolecular Hbond substituents is 1. The number of phenols is 1. The molecule has 0 saturated carbocycles. The Kier molecular flexibility index (Phi) is 10.3. The van der Waals surface area contributed by atoms with Gasteiger partial charge in [-0.3, -0.25) is 9.55 Å². The van der Waals surface area contributed by atoms with Crippen LogP contribution in [-0.4, -0.2) is 19.6 Å². The van der Waals surface area contributed by atoms with Crippen molar-refractivity contribution in [2.75, 3.05) is 0 Å². The van der Waals surface area contributed by atoms with Gasteiger partial charge in [0.25, 0.3) is 0 Å². The summed E-state index contributed by atoms with van der Waals surface area (Å²) in [5.74, 6) is -0.341. The smallest absolute Gasteiger partial charge is 0.149 e. The fourth-order valence-corrected chi connectivity index (χ4v) is 9.55. The molecule has 0 bridgehead atoms. The molecule has 0 amide bonds. The van der Waals surface area contributed by atoms with E-state index in [1.165, 1.54) is 5.56 Å². The van der Waals surface area contributed by atoms with Crippen LogP contribution in [-0.2, 0) is 0 Å². The molecule has 0 spiro atoms. The fourth-order valence-electron chi connectivity index (χ4n) is 9.55. The van der Waals surface area contributed by atoms with Crippen molar-refractivity contribution in [1.29, 1.82) is 0 Å². The second-order valence-corrected chi connectivity index (χ2v) is 18.1. The van der Waals surface area contributed by atoms with E-state index in [4.69, 9.17) is 15.5 Å². The Balaban J connectivity index is 1.19. The number of aryl methyl sites for hydroxylation is 3. The number of para-hydroxylation sites is 1. The Bertz CT molecular complexity index is 3610. The molecule has 0 fully saturated rings. The molecule has 8 aromatic carbocycles.